The summed E-state index contributed by atoms with van der Waals surface area (Å²) in [4.78, 5) is 0. The normalized spacial score (nSPS) is 12.5. The van der Waals surface area contributed by atoms with E-state index in [2.05, 4.69) is 5.43 Å². The molecular formula is C6H11F3N2. The largest absolute Gasteiger partial charge is 0.392 e. The molecule has 0 atom stereocenters. The molecule has 0 aliphatic rings. The molecule has 0 spiro atoms. The van der Waals surface area contributed by atoms with Crippen LogP contribution in [0.2, 0.25) is 0 Å². The number of hydrazine groups is 1. The van der Waals surface area contributed by atoms with E-state index < -0.39 is 12.6 Å². The summed E-state index contributed by atoms with van der Waals surface area (Å²) in [7, 11) is 3.24. The van der Waals surface area contributed by atoms with E-state index in [1.165, 1.54) is 11.2 Å². The van der Waals surface area contributed by atoms with Crippen molar-refractivity contribution >= 4 is 0 Å². The number of hydrogen-bond acceptors (Lipinski definition) is 2. The van der Waals surface area contributed by atoms with Crippen molar-refractivity contribution in [3.8, 4) is 0 Å². The lowest BCUT2D eigenvalue weighted by molar-refractivity contribution is -0.125. The molecule has 2 nitrogen and oxygen atoms in total. The van der Waals surface area contributed by atoms with Crippen LogP contribution in [0.3, 0.4) is 0 Å². The molecule has 0 aromatic heterocycles. The second-order valence-electron chi connectivity index (χ2n) is 2.04. The Bertz CT molecular complexity index is 130. The molecule has 0 aliphatic heterocycles. The Kier molecular flexibility index (Phi) is 3.95. The zero-order chi connectivity index (χ0) is 8.91. The minimum absolute atomic E-state index is 0.890. The Balaban J connectivity index is 3.60. The first-order valence-corrected chi connectivity index (χ1v) is 3.09. The van der Waals surface area contributed by atoms with Crippen molar-refractivity contribution in [2.45, 2.75) is 12.6 Å². The zero-order valence-corrected chi connectivity index (χ0v) is 6.44. The van der Waals surface area contributed by atoms with Crippen LogP contribution in [0.25, 0.3) is 0 Å². The van der Waals surface area contributed by atoms with E-state index in [4.69, 9.17) is 0 Å². The van der Waals surface area contributed by atoms with Gasteiger partial charge in [0, 0.05) is 20.3 Å². The summed E-state index contributed by atoms with van der Waals surface area (Å²) in [5.74, 6) is 0. The highest BCUT2D eigenvalue weighted by atomic mass is 19.4. The van der Waals surface area contributed by atoms with Crippen molar-refractivity contribution in [2.24, 2.45) is 0 Å². The fourth-order valence-electron chi connectivity index (χ4n) is 0.419. The van der Waals surface area contributed by atoms with Gasteiger partial charge in [-0.3, -0.25) is 0 Å². The summed E-state index contributed by atoms with van der Waals surface area (Å²) >= 11 is 0. The molecule has 0 amide bonds. The molecule has 0 radical (unpaired) electrons. The average molecular weight is 168 g/mol. The van der Waals surface area contributed by atoms with Crippen molar-refractivity contribution in [3.05, 3.63) is 12.3 Å². The van der Waals surface area contributed by atoms with Gasteiger partial charge < -0.3 is 5.01 Å². The molecule has 1 N–H and O–H groups in total. The molecule has 11 heavy (non-hydrogen) atoms. The van der Waals surface area contributed by atoms with Gasteiger partial charge in [0.15, 0.2) is 0 Å². The second kappa shape index (κ2) is 4.23. The van der Waals surface area contributed by atoms with Crippen molar-refractivity contribution in [1.82, 2.24) is 10.4 Å². The van der Waals surface area contributed by atoms with Gasteiger partial charge >= 0.3 is 6.18 Å². The molecule has 0 heterocycles. The van der Waals surface area contributed by atoms with E-state index in [1.807, 2.05) is 0 Å². The number of rotatable bonds is 3. The highest BCUT2D eigenvalue weighted by molar-refractivity contribution is 4.81. The third kappa shape index (κ3) is 7.18. The van der Waals surface area contributed by atoms with E-state index >= 15 is 0 Å². The number of alkyl halides is 3. The van der Waals surface area contributed by atoms with Gasteiger partial charge in [0.25, 0.3) is 0 Å². The molecular weight excluding hydrogens is 157 g/mol. The predicted octanol–water partition coefficient (Wildman–Crippen LogP) is 1.52. The smallest absolute Gasteiger partial charge is 0.319 e. The Morgan fingerprint density at radius 3 is 2.36 bits per heavy atom. The minimum atomic E-state index is -4.11. The van der Waals surface area contributed by atoms with E-state index in [9.17, 15) is 13.2 Å². The second-order valence-corrected chi connectivity index (χ2v) is 2.04. The molecule has 0 rings (SSSR count). The first-order valence-electron chi connectivity index (χ1n) is 3.09. The molecule has 0 bridgehead atoms. The van der Waals surface area contributed by atoms with Crippen LogP contribution in [0, 0.1) is 0 Å². The maximum absolute atomic E-state index is 11.5. The summed E-state index contributed by atoms with van der Waals surface area (Å²) < 4.78 is 34.6. The lowest BCUT2D eigenvalue weighted by atomic mass is 10.4. The van der Waals surface area contributed by atoms with Crippen LogP contribution in [0.5, 0.6) is 0 Å². The van der Waals surface area contributed by atoms with Gasteiger partial charge in [-0.2, -0.15) is 13.2 Å². The van der Waals surface area contributed by atoms with Crippen molar-refractivity contribution in [1.29, 1.82) is 0 Å². The fraction of sp³-hybridized carbons (Fsp3) is 0.667. The van der Waals surface area contributed by atoms with E-state index in [1.54, 1.807) is 14.1 Å². The highest BCUT2D eigenvalue weighted by Crippen LogP contribution is 2.19. The summed E-state index contributed by atoms with van der Waals surface area (Å²) in [6, 6.07) is 0. The quantitative estimate of drug-likeness (QED) is 0.643. The summed E-state index contributed by atoms with van der Waals surface area (Å²) in [6.45, 7) is 0. The Morgan fingerprint density at radius 2 is 2.00 bits per heavy atom. The number of allylic oxidation sites excluding steroid dienone is 1. The SMILES string of the molecule is CNN(C)/C=C\CC(F)(F)F. The van der Waals surface area contributed by atoms with E-state index in [0.29, 0.717) is 0 Å². The lowest BCUT2D eigenvalue weighted by Gasteiger charge is -2.10. The third-order valence-electron chi connectivity index (χ3n) is 1.03. The number of nitrogens with zero attached hydrogens (tertiary/aromatic N) is 1. The zero-order valence-electron chi connectivity index (χ0n) is 6.44. The van der Waals surface area contributed by atoms with Crippen LogP contribution in [0.4, 0.5) is 13.2 Å². The molecule has 0 aromatic rings. The highest BCUT2D eigenvalue weighted by Gasteiger charge is 2.24. The van der Waals surface area contributed by atoms with E-state index in [-0.39, 0.29) is 0 Å². The monoisotopic (exact) mass is 168 g/mol. The van der Waals surface area contributed by atoms with Gasteiger partial charge in [-0.05, 0) is 0 Å². The number of nitrogens with one attached hydrogen (secondary N) is 1. The molecule has 0 aromatic carbocycles. The minimum Gasteiger partial charge on any atom is -0.319 e. The Labute approximate surface area is 63.7 Å². The van der Waals surface area contributed by atoms with Crippen LogP contribution in [-0.2, 0) is 0 Å². The Morgan fingerprint density at radius 1 is 1.45 bits per heavy atom. The van der Waals surface area contributed by atoms with Crippen LogP contribution < -0.4 is 5.43 Å². The molecule has 66 valence electrons. The van der Waals surface area contributed by atoms with Gasteiger partial charge in [0.2, 0.25) is 0 Å². The molecule has 0 saturated heterocycles. The summed E-state index contributed by atoms with van der Waals surface area (Å²) in [6.07, 6.45) is -2.62. The fourth-order valence-corrected chi connectivity index (χ4v) is 0.419. The first-order chi connectivity index (χ1) is 4.95. The van der Waals surface area contributed by atoms with Gasteiger partial charge in [-0.1, -0.05) is 6.08 Å². The van der Waals surface area contributed by atoms with Gasteiger partial charge in [0.05, 0.1) is 6.42 Å². The van der Waals surface area contributed by atoms with Crippen molar-refractivity contribution in [3.63, 3.8) is 0 Å². The maximum Gasteiger partial charge on any atom is 0.392 e. The molecule has 0 unspecified atom stereocenters. The van der Waals surface area contributed by atoms with Gasteiger partial charge in [0.1, 0.15) is 0 Å². The topological polar surface area (TPSA) is 15.3 Å². The van der Waals surface area contributed by atoms with Crippen LogP contribution >= 0.6 is 0 Å². The van der Waals surface area contributed by atoms with Crippen LogP contribution in [0.1, 0.15) is 6.42 Å². The van der Waals surface area contributed by atoms with Crippen molar-refractivity contribution in [2.75, 3.05) is 14.1 Å². The molecule has 0 saturated carbocycles. The summed E-state index contributed by atoms with van der Waals surface area (Å²) in [5, 5.41) is 1.44. The molecule has 0 fully saturated rings. The Hall–Kier alpha value is -0.710. The number of hydrogen-bond donors (Lipinski definition) is 1. The van der Waals surface area contributed by atoms with Crippen LogP contribution in [0.15, 0.2) is 12.3 Å². The van der Waals surface area contributed by atoms with E-state index in [0.717, 1.165) is 6.08 Å². The number of halogens is 3. The first kappa shape index (κ1) is 10.3. The van der Waals surface area contributed by atoms with Gasteiger partial charge in [-0.15, -0.1) is 0 Å². The predicted molar refractivity (Wildman–Crippen MR) is 36.6 cm³/mol. The van der Waals surface area contributed by atoms with Crippen molar-refractivity contribution < 1.29 is 13.2 Å². The van der Waals surface area contributed by atoms with Gasteiger partial charge in [-0.25, -0.2) is 5.43 Å². The molecule has 5 heteroatoms. The third-order valence-corrected chi connectivity index (χ3v) is 1.03. The van der Waals surface area contributed by atoms with Crippen LogP contribution in [-0.4, -0.2) is 25.3 Å². The average Bonchev–Trinajstić information content (AvgIpc) is 1.85. The lowest BCUT2D eigenvalue weighted by Crippen LogP contribution is -2.24. The summed E-state index contributed by atoms with van der Waals surface area (Å²) in [5.41, 5.74) is 2.63. The molecule has 0 aliphatic carbocycles. The standard InChI is InChI=1S/C6H11F3N2/c1-10-11(2)5-3-4-6(7,8)9/h3,5,10H,4H2,1-2H3/b5-3-. The maximum atomic E-state index is 11.5.